The van der Waals surface area contributed by atoms with Gasteiger partial charge >= 0.3 is 0 Å². The molecule has 4 heteroatoms. The minimum atomic E-state index is 0.934. The molecule has 0 spiro atoms. The van der Waals surface area contributed by atoms with Crippen molar-refractivity contribution in [1.29, 1.82) is 0 Å². The Morgan fingerprint density at radius 3 is 3.05 bits per heavy atom. The maximum Gasteiger partial charge on any atom is 0.0522 e. The van der Waals surface area contributed by atoms with Crippen LogP contribution in [-0.2, 0) is 19.9 Å². The molecule has 0 unspecified atom stereocenters. The van der Waals surface area contributed by atoms with E-state index in [4.69, 9.17) is 5.73 Å². The molecule has 0 atom stereocenters. The summed E-state index contributed by atoms with van der Waals surface area (Å²) in [7, 11) is 1.96. The van der Waals surface area contributed by atoms with Crippen LogP contribution >= 0.6 is 0 Å². The average Bonchev–Trinajstić information content (AvgIpc) is 2.83. The number of hydrogen-bond donors (Lipinski definition) is 1. The normalized spacial score (nSPS) is 14.5. The number of nitrogens with zero attached hydrogens (tertiary/aromatic N) is 3. The number of aryl methyl sites for hydroxylation is 1. The summed E-state index contributed by atoms with van der Waals surface area (Å²) in [4.78, 5) is 2.45. The van der Waals surface area contributed by atoms with E-state index in [0.29, 0.717) is 0 Å². The van der Waals surface area contributed by atoms with Crippen LogP contribution in [0.25, 0.3) is 0 Å². The molecule has 0 aliphatic carbocycles. The zero-order valence-corrected chi connectivity index (χ0v) is 11.3. The highest BCUT2D eigenvalue weighted by molar-refractivity contribution is 5.66. The van der Waals surface area contributed by atoms with Crippen LogP contribution in [0.1, 0.15) is 17.5 Å². The number of aromatic nitrogens is 2. The molecule has 2 N–H and O–H groups in total. The van der Waals surface area contributed by atoms with Crippen LogP contribution in [0.2, 0.25) is 0 Å². The minimum Gasteiger partial charge on any atom is -0.398 e. The molecule has 0 saturated carbocycles. The molecular formula is C15H20N4. The third-order valence-corrected chi connectivity index (χ3v) is 3.81. The summed E-state index contributed by atoms with van der Waals surface area (Å²) in [6.45, 7) is 2.15. The van der Waals surface area contributed by atoms with Crippen molar-refractivity contribution in [2.75, 3.05) is 23.7 Å². The van der Waals surface area contributed by atoms with E-state index in [1.54, 1.807) is 0 Å². The highest BCUT2D eigenvalue weighted by Crippen LogP contribution is 2.31. The van der Waals surface area contributed by atoms with Gasteiger partial charge in [-0.3, -0.25) is 4.68 Å². The Labute approximate surface area is 113 Å². The van der Waals surface area contributed by atoms with Crippen LogP contribution in [0.4, 0.5) is 11.4 Å². The van der Waals surface area contributed by atoms with Gasteiger partial charge in [0.15, 0.2) is 0 Å². The quantitative estimate of drug-likeness (QED) is 0.854. The van der Waals surface area contributed by atoms with Crippen LogP contribution < -0.4 is 10.6 Å². The van der Waals surface area contributed by atoms with Gasteiger partial charge in [0.1, 0.15) is 0 Å². The Balaban J connectivity index is 1.75. The molecule has 100 valence electrons. The first-order valence-electron chi connectivity index (χ1n) is 6.84. The van der Waals surface area contributed by atoms with E-state index in [9.17, 15) is 0 Å². The number of nitrogen functional groups attached to an aromatic ring is 1. The van der Waals surface area contributed by atoms with Gasteiger partial charge in [0, 0.05) is 37.7 Å². The van der Waals surface area contributed by atoms with Crippen molar-refractivity contribution in [3.63, 3.8) is 0 Å². The first-order valence-corrected chi connectivity index (χ1v) is 6.84. The molecule has 4 nitrogen and oxygen atoms in total. The van der Waals surface area contributed by atoms with E-state index in [-0.39, 0.29) is 0 Å². The van der Waals surface area contributed by atoms with Gasteiger partial charge < -0.3 is 10.6 Å². The van der Waals surface area contributed by atoms with Gasteiger partial charge in [-0.2, -0.15) is 5.10 Å². The fourth-order valence-corrected chi connectivity index (χ4v) is 2.83. The zero-order chi connectivity index (χ0) is 13.2. The standard InChI is InChI=1S/C15H20N4/c1-18-11-12(10-17-18)7-9-19-8-3-4-13-14(16)5-2-6-15(13)19/h2,5-6,10-11H,3-4,7-9,16H2,1H3. The molecular weight excluding hydrogens is 236 g/mol. The Hall–Kier alpha value is -1.97. The van der Waals surface area contributed by atoms with Crippen LogP contribution in [0.3, 0.4) is 0 Å². The largest absolute Gasteiger partial charge is 0.398 e. The Bertz CT molecular complexity index is 573. The molecule has 0 amide bonds. The monoisotopic (exact) mass is 256 g/mol. The summed E-state index contributed by atoms with van der Waals surface area (Å²) in [5, 5.41) is 4.22. The third kappa shape index (κ3) is 2.43. The maximum atomic E-state index is 6.07. The number of rotatable bonds is 3. The van der Waals surface area contributed by atoms with Gasteiger partial charge in [-0.25, -0.2) is 0 Å². The van der Waals surface area contributed by atoms with E-state index in [0.717, 1.165) is 31.6 Å². The molecule has 1 aromatic carbocycles. The van der Waals surface area contributed by atoms with Gasteiger partial charge in [0.25, 0.3) is 0 Å². The van der Waals surface area contributed by atoms with Crippen molar-refractivity contribution in [3.8, 4) is 0 Å². The fraction of sp³-hybridized carbons (Fsp3) is 0.400. The molecule has 2 aromatic rings. The zero-order valence-electron chi connectivity index (χ0n) is 11.3. The van der Waals surface area contributed by atoms with Crippen LogP contribution in [0, 0.1) is 0 Å². The molecule has 0 saturated heterocycles. The summed E-state index contributed by atoms with van der Waals surface area (Å²) in [5.41, 5.74) is 10.9. The number of hydrogen-bond acceptors (Lipinski definition) is 3. The molecule has 0 radical (unpaired) electrons. The number of fused-ring (bicyclic) bond motifs is 1. The maximum absolute atomic E-state index is 6.07. The molecule has 0 bridgehead atoms. The second-order valence-electron chi connectivity index (χ2n) is 5.21. The van der Waals surface area contributed by atoms with Crippen molar-refractivity contribution in [1.82, 2.24) is 9.78 Å². The first kappa shape index (κ1) is 12.1. The highest BCUT2D eigenvalue weighted by Gasteiger charge is 2.18. The van der Waals surface area contributed by atoms with E-state index in [1.165, 1.54) is 23.2 Å². The van der Waals surface area contributed by atoms with Crippen molar-refractivity contribution >= 4 is 11.4 Å². The van der Waals surface area contributed by atoms with Crippen LogP contribution in [-0.4, -0.2) is 22.9 Å². The van der Waals surface area contributed by atoms with E-state index >= 15 is 0 Å². The summed E-state index contributed by atoms with van der Waals surface area (Å²) >= 11 is 0. The second-order valence-corrected chi connectivity index (χ2v) is 5.21. The summed E-state index contributed by atoms with van der Waals surface area (Å²) in [6.07, 6.45) is 7.36. The molecule has 1 aromatic heterocycles. The third-order valence-electron chi connectivity index (χ3n) is 3.81. The molecule has 19 heavy (non-hydrogen) atoms. The first-order chi connectivity index (χ1) is 9.24. The molecule has 1 aliphatic heterocycles. The Morgan fingerprint density at radius 2 is 2.26 bits per heavy atom. The number of nitrogens with two attached hydrogens (primary N) is 1. The summed E-state index contributed by atoms with van der Waals surface area (Å²) < 4.78 is 1.86. The Kier molecular flexibility index (Phi) is 3.15. The molecule has 1 aliphatic rings. The molecule has 2 heterocycles. The van der Waals surface area contributed by atoms with Gasteiger partial charge in [0.05, 0.1) is 6.20 Å². The lowest BCUT2D eigenvalue weighted by Gasteiger charge is -2.32. The van der Waals surface area contributed by atoms with E-state index in [1.807, 2.05) is 24.0 Å². The predicted molar refractivity (Wildman–Crippen MR) is 78.3 cm³/mol. The second kappa shape index (κ2) is 4.96. The molecule has 0 fully saturated rings. The smallest absolute Gasteiger partial charge is 0.0522 e. The Morgan fingerprint density at radius 1 is 1.37 bits per heavy atom. The van der Waals surface area contributed by atoms with E-state index < -0.39 is 0 Å². The van der Waals surface area contributed by atoms with Crippen molar-refractivity contribution in [2.45, 2.75) is 19.3 Å². The lowest BCUT2D eigenvalue weighted by Crippen LogP contribution is -2.31. The van der Waals surface area contributed by atoms with Crippen LogP contribution in [0.15, 0.2) is 30.6 Å². The number of benzene rings is 1. The van der Waals surface area contributed by atoms with Crippen molar-refractivity contribution in [2.24, 2.45) is 7.05 Å². The SMILES string of the molecule is Cn1cc(CCN2CCCc3c(N)cccc32)cn1. The molecule has 3 rings (SSSR count). The minimum absolute atomic E-state index is 0.934. The predicted octanol–water partition coefficient (Wildman–Crippen LogP) is 2.00. The summed E-state index contributed by atoms with van der Waals surface area (Å²) in [6, 6.07) is 6.24. The topological polar surface area (TPSA) is 47.1 Å². The fourth-order valence-electron chi connectivity index (χ4n) is 2.83. The lowest BCUT2D eigenvalue weighted by molar-refractivity contribution is 0.688. The van der Waals surface area contributed by atoms with E-state index in [2.05, 4.69) is 28.3 Å². The van der Waals surface area contributed by atoms with Gasteiger partial charge in [-0.05, 0) is 42.5 Å². The van der Waals surface area contributed by atoms with Crippen molar-refractivity contribution in [3.05, 3.63) is 41.7 Å². The van der Waals surface area contributed by atoms with Crippen LogP contribution in [0.5, 0.6) is 0 Å². The lowest BCUT2D eigenvalue weighted by atomic mass is 9.99. The number of anilines is 2. The van der Waals surface area contributed by atoms with Gasteiger partial charge in [-0.1, -0.05) is 6.07 Å². The van der Waals surface area contributed by atoms with Gasteiger partial charge in [-0.15, -0.1) is 0 Å². The summed E-state index contributed by atoms with van der Waals surface area (Å²) in [5.74, 6) is 0. The highest BCUT2D eigenvalue weighted by atomic mass is 15.2. The average molecular weight is 256 g/mol. The van der Waals surface area contributed by atoms with Gasteiger partial charge in [0.2, 0.25) is 0 Å². The van der Waals surface area contributed by atoms with Crippen molar-refractivity contribution < 1.29 is 0 Å².